The van der Waals surface area contributed by atoms with Gasteiger partial charge in [-0.2, -0.15) is 17.4 Å². The van der Waals surface area contributed by atoms with E-state index >= 15 is 0 Å². The highest BCUT2D eigenvalue weighted by Crippen LogP contribution is 2.36. The molecule has 1 saturated carbocycles. The number of para-hydroxylation sites is 1. The SMILES string of the molecule is COc1ccccc1C(=O)NCC1(c2ccccc2)CCN(S(=O)(=O)NC2CCCCC2O)CC1. The average molecular weight is 502 g/mol. The maximum Gasteiger partial charge on any atom is 0.279 e. The van der Waals surface area contributed by atoms with E-state index in [9.17, 15) is 18.3 Å². The molecule has 1 aliphatic heterocycles. The van der Waals surface area contributed by atoms with Gasteiger partial charge in [0.1, 0.15) is 5.75 Å². The molecule has 190 valence electrons. The van der Waals surface area contributed by atoms with E-state index in [1.165, 1.54) is 11.4 Å². The predicted molar refractivity (Wildman–Crippen MR) is 135 cm³/mol. The van der Waals surface area contributed by atoms with Crippen molar-refractivity contribution in [2.45, 2.75) is 56.1 Å². The molecule has 4 rings (SSSR count). The summed E-state index contributed by atoms with van der Waals surface area (Å²) in [5.74, 6) is 0.288. The zero-order valence-electron chi connectivity index (χ0n) is 20.2. The number of methoxy groups -OCH3 is 1. The zero-order chi connectivity index (χ0) is 24.9. The topological polar surface area (TPSA) is 108 Å². The lowest BCUT2D eigenvalue weighted by atomic mass is 9.73. The van der Waals surface area contributed by atoms with Crippen molar-refractivity contribution in [1.29, 1.82) is 0 Å². The van der Waals surface area contributed by atoms with Gasteiger partial charge in [-0.1, -0.05) is 55.3 Å². The Morgan fingerprint density at radius 2 is 1.71 bits per heavy atom. The summed E-state index contributed by atoms with van der Waals surface area (Å²) in [5.41, 5.74) is 1.15. The number of piperidine rings is 1. The first-order valence-electron chi connectivity index (χ1n) is 12.3. The number of amides is 1. The highest BCUT2D eigenvalue weighted by molar-refractivity contribution is 7.87. The monoisotopic (exact) mass is 501 g/mol. The van der Waals surface area contributed by atoms with Crippen molar-refractivity contribution in [3.8, 4) is 5.75 Å². The number of aliphatic hydroxyl groups is 1. The van der Waals surface area contributed by atoms with Crippen LogP contribution in [0, 0.1) is 0 Å². The minimum atomic E-state index is -3.71. The molecule has 0 radical (unpaired) electrons. The summed E-state index contributed by atoms with van der Waals surface area (Å²) >= 11 is 0. The molecule has 2 atom stereocenters. The highest BCUT2D eigenvalue weighted by Gasteiger charge is 2.40. The molecule has 0 bridgehead atoms. The van der Waals surface area contributed by atoms with E-state index in [4.69, 9.17) is 4.74 Å². The van der Waals surface area contributed by atoms with Gasteiger partial charge < -0.3 is 15.2 Å². The second kappa shape index (κ2) is 11.1. The number of hydrogen-bond donors (Lipinski definition) is 3. The van der Waals surface area contributed by atoms with Gasteiger partial charge in [0.2, 0.25) is 0 Å². The Bertz CT molecular complexity index is 1100. The van der Waals surface area contributed by atoms with Crippen molar-refractivity contribution in [3.05, 3.63) is 65.7 Å². The van der Waals surface area contributed by atoms with Crippen LogP contribution in [0.3, 0.4) is 0 Å². The quantitative estimate of drug-likeness (QED) is 0.515. The van der Waals surface area contributed by atoms with E-state index in [0.717, 1.165) is 18.4 Å². The van der Waals surface area contributed by atoms with Crippen molar-refractivity contribution < 1.29 is 23.1 Å². The number of nitrogens with one attached hydrogen (secondary N) is 2. The number of carbonyl (C=O) groups is 1. The van der Waals surface area contributed by atoms with Gasteiger partial charge in [0, 0.05) is 31.1 Å². The van der Waals surface area contributed by atoms with Gasteiger partial charge in [0.15, 0.2) is 0 Å². The van der Waals surface area contributed by atoms with Gasteiger partial charge in [-0.3, -0.25) is 4.79 Å². The van der Waals surface area contributed by atoms with Crippen LogP contribution >= 0.6 is 0 Å². The lowest BCUT2D eigenvalue weighted by Gasteiger charge is -2.42. The number of benzene rings is 2. The Morgan fingerprint density at radius 3 is 2.40 bits per heavy atom. The molecular weight excluding hydrogens is 466 g/mol. The number of aliphatic hydroxyl groups excluding tert-OH is 1. The predicted octanol–water partition coefficient (Wildman–Crippen LogP) is 2.60. The molecule has 2 aromatic rings. The van der Waals surface area contributed by atoms with Crippen LogP contribution < -0.4 is 14.8 Å². The summed E-state index contributed by atoms with van der Waals surface area (Å²) in [6.07, 6.45) is 3.59. The Labute approximate surface area is 207 Å². The largest absolute Gasteiger partial charge is 0.496 e. The smallest absolute Gasteiger partial charge is 0.279 e. The molecule has 8 nitrogen and oxygen atoms in total. The normalized spacial score (nSPS) is 22.9. The Balaban J connectivity index is 1.47. The Morgan fingerprint density at radius 1 is 1.06 bits per heavy atom. The fraction of sp³-hybridized carbons (Fsp3) is 0.500. The number of rotatable bonds is 8. The fourth-order valence-electron chi connectivity index (χ4n) is 5.21. The first-order valence-corrected chi connectivity index (χ1v) is 13.7. The number of ether oxygens (including phenoxy) is 1. The van der Waals surface area contributed by atoms with Gasteiger partial charge in [0.05, 0.1) is 18.8 Å². The van der Waals surface area contributed by atoms with Gasteiger partial charge in [-0.15, -0.1) is 0 Å². The molecule has 1 saturated heterocycles. The van der Waals surface area contributed by atoms with E-state index in [-0.39, 0.29) is 5.91 Å². The minimum Gasteiger partial charge on any atom is -0.496 e. The first-order chi connectivity index (χ1) is 16.8. The van der Waals surface area contributed by atoms with Crippen LogP contribution in [-0.2, 0) is 15.6 Å². The van der Waals surface area contributed by atoms with Crippen molar-refractivity contribution in [2.24, 2.45) is 0 Å². The standard InChI is InChI=1S/C26H35N3O5S/c1-34-24-14-8-5-11-21(24)25(31)27-19-26(20-9-3-2-4-10-20)15-17-29(18-16-26)35(32,33)28-22-12-6-7-13-23(22)30/h2-5,8-11,14,22-23,28,30H,6-7,12-13,15-19H2,1H3,(H,27,31). The molecule has 2 unspecified atom stereocenters. The summed E-state index contributed by atoms with van der Waals surface area (Å²) in [4.78, 5) is 13.0. The second-order valence-corrected chi connectivity index (χ2v) is 11.2. The maximum absolute atomic E-state index is 13.1. The molecule has 2 fully saturated rings. The molecule has 2 aromatic carbocycles. The molecule has 2 aliphatic rings. The Hall–Kier alpha value is -2.46. The summed E-state index contributed by atoms with van der Waals surface area (Å²) in [6.45, 7) is 1.05. The molecule has 9 heteroatoms. The van der Waals surface area contributed by atoms with E-state index < -0.39 is 27.8 Å². The van der Waals surface area contributed by atoms with E-state index in [1.807, 2.05) is 36.4 Å². The van der Waals surface area contributed by atoms with Gasteiger partial charge >= 0.3 is 0 Å². The maximum atomic E-state index is 13.1. The summed E-state index contributed by atoms with van der Waals surface area (Å²) in [5, 5.41) is 13.3. The molecule has 0 aromatic heterocycles. The molecule has 1 amide bonds. The number of hydrogen-bond acceptors (Lipinski definition) is 5. The number of nitrogens with zero attached hydrogens (tertiary/aromatic N) is 1. The van der Waals surface area contributed by atoms with E-state index in [0.29, 0.717) is 56.6 Å². The summed E-state index contributed by atoms with van der Waals surface area (Å²) < 4.78 is 35.7. The van der Waals surface area contributed by atoms with Gasteiger partial charge in [0.25, 0.3) is 16.1 Å². The highest BCUT2D eigenvalue weighted by atomic mass is 32.2. The van der Waals surface area contributed by atoms with Gasteiger partial charge in [-0.25, -0.2) is 0 Å². The van der Waals surface area contributed by atoms with Crippen molar-refractivity contribution in [1.82, 2.24) is 14.3 Å². The zero-order valence-corrected chi connectivity index (χ0v) is 21.0. The average Bonchev–Trinajstić information content (AvgIpc) is 2.89. The number of carbonyl (C=O) groups excluding carboxylic acids is 1. The second-order valence-electron chi connectivity index (χ2n) is 9.51. The Kier molecular flexibility index (Phi) is 8.11. The fourth-order valence-corrected chi connectivity index (χ4v) is 6.68. The third kappa shape index (κ3) is 5.86. The van der Waals surface area contributed by atoms with Crippen LogP contribution in [0.15, 0.2) is 54.6 Å². The summed E-state index contributed by atoms with van der Waals surface area (Å²) in [7, 11) is -2.18. The molecule has 1 aliphatic carbocycles. The van der Waals surface area contributed by atoms with Crippen molar-refractivity contribution in [2.75, 3.05) is 26.7 Å². The first kappa shape index (κ1) is 25.6. The minimum absolute atomic E-state index is 0.222. The molecule has 1 heterocycles. The van der Waals surface area contributed by atoms with Crippen LogP contribution in [0.4, 0.5) is 0 Å². The van der Waals surface area contributed by atoms with E-state index in [2.05, 4.69) is 10.0 Å². The van der Waals surface area contributed by atoms with Crippen molar-refractivity contribution in [3.63, 3.8) is 0 Å². The molecule has 0 spiro atoms. The lowest BCUT2D eigenvalue weighted by molar-refractivity contribution is 0.0928. The van der Waals surface area contributed by atoms with Crippen LogP contribution in [0.5, 0.6) is 5.75 Å². The van der Waals surface area contributed by atoms with Crippen LogP contribution in [0.25, 0.3) is 0 Å². The molecule has 3 N–H and O–H groups in total. The van der Waals surface area contributed by atoms with Crippen LogP contribution in [0.1, 0.15) is 54.4 Å². The third-order valence-corrected chi connectivity index (χ3v) is 9.02. The van der Waals surface area contributed by atoms with Crippen molar-refractivity contribution >= 4 is 16.1 Å². The van der Waals surface area contributed by atoms with Gasteiger partial charge in [-0.05, 0) is 43.4 Å². The van der Waals surface area contributed by atoms with Crippen LogP contribution in [0.2, 0.25) is 0 Å². The third-order valence-electron chi connectivity index (χ3n) is 7.37. The van der Waals surface area contributed by atoms with Crippen LogP contribution in [-0.4, -0.2) is 62.6 Å². The summed E-state index contributed by atoms with van der Waals surface area (Å²) in [6, 6.07) is 16.6. The lowest BCUT2D eigenvalue weighted by Crippen LogP contribution is -2.55. The molecule has 35 heavy (non-hydrogen) atoms. The van der Waals surface area contributed by atoms with E-state index in [1.54, 1.807) is 18.2 Å². The molecular formula is C26H35N3O5S.